The van der Waals surface area contributed by atoms with E-state index >= 15 is 0 Å². The number of hydrogen-bond acceptors (Lipinski definition) is 4. The van der Waals surface area contributed by atoms with E-state index < -0.39 is 17.9 Å². The molecular weight excluding hydrogens is 224 g/mol. The van der Waals surface area contributed by atoms with Crippen molar-refractivity contribution in [3.05, 3.63) is 23.9 Å². The summed E-state index contributed by atoms with van der Waals surface area (Å²) in [5.74, 6) is -1.29. The monoisotopic (exact) mass is 238 g/mol. The van der Waals surface area contributed by atoms with Gasteiger partial charge in [0.1, 0.15) is 11.7 Å². The molecule has 0 saturated carbocycles. The molecule has 0 radical (unpaired) electrons. The van der Waals surface area contributed by atoms with Crippen LogP contribution in [-0.2, 0) is 4.79 Å². The quantitative estimate of drug-likeness (QED) is 0.787. The lowest BCUT2D eigenvalue weighted by atomic mass is 10.2. The molecule has 0 aliphatic rings. The minimum absolute atomic E-state index is 0.129. The number of nitrogens with one attached hydrogen (secondary N) is 1. The lowest BCUT2D eigenvalue weighted by Gasteiger charge is -2.11. The lowest BCUT2D eigenvalue weighted by molar-refractivity contribution is -0.139. The topological polar surface area (TPSA) is 88.5 Å². The van der Waals surface area contributed by atoms with Crippen LogP contribution in [0.25, 0.3) is 0 Å². The molecule has 0 saturated heterocycles. The van der Waals surface area contributed by atoms with Crippen LogP contribution in [0.4, 0.5) is 0 Å². The van der Waals surface area contributed by atoms with Gasteiger partial charge in [-0.05, 0) is 12.5 Å². The number of carboxylic acid groups (broad SMARTS) is 1. The zero-order valence-corrected chi connectivity index (χ0v) is 9.64. The van der Waals surface area contributed by atoms with Crippen molar-refractivity contribution >= 4 is 11.9 Å². The average Bonchev–Trinajstić information content (AvgIpc) is 2.35. The molecule has 0 bridgehead atoms. The van der Waals surface area contributed by atoms with E-state index in [1.807, 2.05) is 0 Å². The number of carboxylic acids is 1. The van der Waals surface area contributed by atoms with Crippen LogP contribution < -0.4 is 10.1 Å². The van der Waals surface area contributed by atoms with Gasteiger partial charge in [-0.1, -0.05) is 13.0 Å². The first-order valence-corrected chi connectivity index (χ1v) is 5.13. The number of amides is 1. The third kappa shape index (κ3) is 3.44. The van der Waals surface area contributed by atoms with Gasteiger partial charge in [0.05, 0.1) is 7.11 Å². The summed E-state index contributed by atoms with van der Waals surface area (Å²) in [6, 6.07) is 3.80. The Kier molecular flexibility index (Phi) is 4.45. The van der Waals surface area contributed by atoms with Crippen molar-refractivity contribution in [3.63, 3.8) is 0 Å². The van der Waals surface area contributed by atoms with E-state index in [4.69, 9.17) is 9.84 Å². The van der Waals surface area contributed by atoms with E-state index in [0.29, 0.717) is 12.3 Å². The number of methoxy groups -OCH3 is 1. The fourth-order valence-electron chi connectivity index (χ4n) is 1.23. The second kappa shape index (κ2) is 5.83. The van der Waals surface area contributed by atoms with Gasteiger partial charge in [-0.25, -0.2) is 9.78 Å². The van der Waals surface area contributed by atoms with E-state index in [-0.39, 0.29) is 5.69 Å². The standard InChI is InChI=1S/C11H14N2O4/c1-3-7(11(15)16)13-10(14)8-5-4-6-9(12-8)17-2/h4-7H,3H2,1-2H3,(H,13,14)(H,15,16). The average molecular weight is 238 g/mol. The summed E-state index contributed by atoms with van der Waals surface area (Å²) < 4.78 is 4.88. The number of aromatic nitrogens is 1. The highest BCUT2D eigenvalue weighted by Crippen LogP contribution is 2.06. The summed E-state index contributed by atoms with van der Waals surface area (Å²) in [7, 11) is 1.44. The fraction of sp³-hybridized carbons (Fsp3) is 0.364. The van der Waals surface area contributed by atoms with Crippen LogP contribution >= 0.6 is 0 Å². The van der Waals surface area contributed by atoms with E-state index in [2.05, 4.69) is 10.3 Å². The van der Waals surface area contributed by atoms with Gasteiger partial charge in [-0.15, -0.1) is 0 Å². The van der Waals surface area contributed by atoms with Crippen LogP contribution in [0.2, 0.25) is 0 Å². The Morgan fingerprint density at radius 3 is 2.76 bits per heavy atom. The third-order valence-electron chi connectivity index (χ3n) is 2.18. The van der Waals surface area contributed by atoms with Crippen molar-refractivity contribution in [3.8, 4) is 5.88 Å². The van der Waals surface area contributed by atoms with Crippen LogP contribution in [0.1, 0.15) is 23.8 Å². The number of carbonyl (C=O) groups excluding carboxylic acids is 1. The third-order valence-corrected chi connectivity index (χ3v) is 2.18. The van der Waals surface area contributed by atoms with Crippen molar-refractivity contribution in [1.29, 1.82) is 0 Å². The Balaban J connectivity index is 2.78. The molecule has 0 aliphatic heterocycles. The summed E-state index contributed by atoms with van der Waals surface area (Å²) >= 11 is 0. The maximum atomic E-state index is 11.7. The first kappa shape index (κ1) is 13.0. The summed E-state index contributed by atoms with van der Waals surface area (Å²) in [6.45, 7) is 1.68. The van der Waals surface area contributed by atoms with E-state index in [1.54, 1.807) is 19.1 Å². The summed E-state index contributed by atoms with van der Waals surface area (Å²) in [4.78, 5) is 26.4. The van der Waals surface area contributed by atoms with Gasteiger partial charge in [-0.2, -0.15) is 0 Å². The number of hydrogen-bond donors (Lipinski definition) is 2. The van der Waals surface area contributed by atoms with Gasteiger partial charge < -0.3 is 15.2 Å². The largest absolute Gasteiger partial charge is 0.481 e. The highest BCUT2D eigenvalue weighted by Gasteiger charge is 2.19. The highest BCUT2D eigenvalue weighted by atomic mass is 16.5. The predicted octanol–water partition coefficient (Wildman–Crippen LogP) is 0.683. The molecule has 1 rings (SSSR count). The molecule has 2 N–H and O–H groups in total. The Morgan fingerprint density at radius 2 is 2.24 bits per heavy atom. The molecule has 1 heterocycles. The predicted molar refractivity (Wildman–Crippen MR) is 60.0 cm³/mol. The van der Waals surface area contributed by atoms with E-state index in [9.17, 15) is 9.59 Å². The molecule has 6 nitrogen and oxygen atoms in total. The van der Waals surface area contributed by atoms with Gasteiger partial charge >= 0.3 is 5.97 Å². The van der Waals surface area contributed by atoms with Crippen LogP contribution in [0.15, 0.2) is 18.2 Å². The van der Waals surface area contributed by atoms with Gasteiger partial charge in [0.2, 0.25) is 5.88 Å². The first-order chi connectivity index (χ1) is 8.08. The minimum atomic E-state index is -1.07. The zero-order valence-electron chi connectivity index (χ0n) is 9.64. The second-order valence-electron chi connectivity index (χ2n) is 3.34. The smallest absolute Gasteiger partial charge is 0.326 e. The molecule has 1 unspecified atom stereocenters. The van der Waals surface area contributed by atoms with Gasteiger partial charge in [0.25, 0.3) is 5.91 Å². The van der Waals surface area contributed by atoms with E-state index in [1.165, 1.54) is 13.2 Å². The zero-order chi connectivity index (χ0) is 12.8. The van der Waals surface area contributed by atoms with Crippen molar-refractivity contribution in [2.24, 2.45) is 0 Å². The van der Waals surface area contributed by atoms with Crippen LogP contribution in [-0.4, -0.2) is 35.1 Å². The first-order valence-electron chi connectivity index (χ1n) is 5.13. The van der Waals surface area contributed by atoms with Gasteiger partial charge in [-0.3, -0.25) is 4.79 Å². The molecule has 17 heavy (non-hydrogen) atoms. The maximum absolute atomic E-state index is 11.7. The van der Waals surface area contributed by atoms with Gasteiger partial charge in [0, 0.05) is 6.07 Å². The van der Waals surface area contributed by atoms with Crippen molar-refractivity contribution in [1.82, 2.24) is 10.3 Å². The van der Waals surface area contributed by atoms with Crippen LogP contribution in [0.3, 0.4) is 0 Å². The minimum Gasteiger partial charge on any atom is -0.481 e. The fourth-order valence-corrected chi connectivity index (χ4v) is 1.23. The number of carbonyl (C=O) groups is 2. The van der Waals surface area contributed by atoms with E-state index in [0.717, 1.165) is 0 Å². The summed E-state index contributed by atoms with van der Waals surface area (Å²) in [5, 5.41) is 11.2. The number of rotatable bonds is 5. The second-order valence-corrected chi connectivity index (χ2v) is 3.34. The lowest BCUT2D eigenvalue weighted by Crippen LogP contribution is -2.40. The van der Waals surface area contributed by atoms with Crippen LogP contribution in [0.5, 0.6) is 5.88 Å². The number of nitrogens with zero attached hydrogens (tertiary/aromatic N) is 1. The Labute approximate surface area is 98.6 Å². The molecule has 1 amide bonds. The molecule has 0 aliphatic carbocycles. The highest BCUT2D eigenvalue weighted by molar-refractivity contribution is 5.95. The maximum Gasteiger partial charge on any atom is 0.326 e. The van der Waals surface area contributed by atoms with Crippen molar-refractivity contribution < 1.29 is 19.4 Å². The number of ether oxygens (including phenoxy) is 1. The van der Waals surface area contributed by atoms with Gasteiger partial charge in [0.15, 0.2) is 0 Å². The SMILES string of the molecule is CCC(NC(=O)c1cccc(OC)n1)C(=O)O. The molecule has 1 aromatic rings. The molecule has 92 valence electrons. The number of pyridine rings is 1. The molecule has 0 fully saturated rings. The summed E-state index contributed by atoms with van der Waals surface area (Å²) in [6.07, 6.45) is 0.311. The Hall–Kier alpha value is -2.11. The normalized spacial score (nSPS) is 11.6. The number of aliphatic carboxylic acids is 1. The molecule has 0 spiro atoms. The van der Waals surface area contributed by atoms with Crippen LogP contribution in [0, 0.1) is 0 Å². The molecular formula is C11H14N2O4. The molecule has 6 heteroatoms. The Morgan fingerprint density at radius 1 is 1.53 bits per heavy atom. The van der Waals surface area contributed by atoms with Crippen molar-refractivity contribution in [2.75, 3.05) is 7.11 Å². The Bertz CT molecular complexity index is 420. The molecule has 0 aromatic carbocycles. The summed E-state index contributed by atoms with van der Waals surface area (Å²) in [5.41, 5.74) is 0.129. The molecule has 1 atom stereocenters. The molecule has 1 aromatic heterocycles. The van der Waals surface area contributed by atoms with Crippen molar-refractivity contribution in [2.45, 2.75) is 19.4 Å².